The lowest BCUT2D eigenvalue weighted by molar-refractivity contribution is 0.463. The Morgan fingerprint density at radius 2 is 1.15 bits per heavy atom. The van der Waals surface area contributed by atoms with Gasteiger partial charge in [0.05, 0.1) is 5.69 Å². The average molecular weight is 618 g/mol. The number of ether oxygens (including phenoxy) is 2. The van der Waals surface area contributed by atoms with Crippen LogP contribution in [0.5, 0.6) is 23.0 Å². The number of hydrogen-bond donors (Lipinski definition) is 0. The maximum absolute atomic E-state index is 6.83. The van der Waals surface area contributed by atoms with Crippen molar-refractivity contribution in [1.82, 2.24) is 0 Å². The molecule has 0 fully saturated rings. The quantitative estimate of drug-likeness (QED) is 0.184. The van der Waals surface area contributed by atoms with Gasteiger partial charge in [0.15, 0.2) is 0 Å². The number of anilines is 3. The summed E-state index contributed by atoms with van der Waals surface area (Å²) in [5.41, 5.74) is 13.0. The van der Waals surface area contributed by atoms with Crippen LogP contribution in [-0.2, 0) is 5.41 Å². The van der Waals surface area contributed by atoms with E-state index >= 15 is 0 Å². The van der Waals surface area contributed by atoms with Crippen LogP contribution in [0.15, 0.2) is 140 Å². The lowest BCUT2D eigenvalue weighted by Crippen LogP contribution is -2.57. The molecule has 0 amide bonds. The second-order valence-electron chi connectivity index (χ2n) is 13.8. The number of benzene rings is 7. The molecule has 2 heterocycles. The largest absolute Gasteiger partial charge is 0.458 e. The molecule has 0 bridgehead atoms. The molecular weight excluding hydrogens is 585 g/mol. The monoisotopic (exact) mass is 617 g/mol. The van der Waals surface area contributed by atoms with Crippen molar-refractivity contribution < 1.29 is 9.47 Å². The van der Waals surface area contributed by atoms with Crippen molar-refractivity contribution >= 4 is 50.9 Å². The van der Waals surface area contributed by atoms with Crippen molar-refractivity contribution in [3.8, 4) is 34.1 Å². The van der Waals surface area contributed by atoms with Crippen LogP contribution in [0.1, 0.15) is 30.5 Å². The Bertz CT molecular complexity index is 2410. The Labute approximate surface area is 281 Å². The van der Waals surface area contributed by atoms with Crippen molar-refractivity contribution in [3.05, 3.63) is 156 Å². The fourth-order valence-corrected chi connectivity index (χ4v) is 8.40. The number of para-hydroxylation sites is 3. The summed E-state index contributed by atoms with van der Waals surface area (Å²) in [4.78, 5) is 2.40. The third-order valence-corrected chi connectivity index (χ3v) is 10.6. The molecule has 0 N–H and O–H groups in total. The van der Waals surface area contributed by atoms with E-state index in [0.29, 0.717) is 0 Å². The smallest absolute Gasteiger partial charge is 0.260 e. The lowest BCUT2D eigenvalue weighted by atomic mass is 9.34. The third-order valence-electron chi connectivity index (χ3n) is 10.6. The summed E-state index contributed by atoms with van der Waals surface area (Å²) in [5.74, 6) is 3.61. The van der Waals surface area contributed by atoms with Gasteiger partial charge in [0.1, 0.15) is 23.0 Å². The fraction of sp³-hybridized carbons (Fsp3) is 0.0909. The van der Waals surface area contributed by atoms with Gasteiger partial charge in [-0.1, -0.05) is 98.8 Å². The zero-order valence-corrected chi connectivity index (χ0v) is 27.1. The molecule has 0 atom stereocenters. The molecular formula is C44H32BNO2. The highest BCUT2D eigenvalue weighted by Gasteiger charge is 2.44. The van der Waals surface area contributed by atoms with Gasteiger partial charge in [0, 0.05) is 27.6 Å². The van der Waals surface area contributed by atoms with Gasteiger partial charge in [-0.25, -0.2) is 0 Å². The van der Waals surface area contributed by atoms with Gasteiger partial charge in [-0.05, 0) is 106 Å². The first-order valence-corrected chi connectivity index (χ1v) is 16.7. The molecule has 48 heavy (non-hydrogen) atoms. The van der Waals surface area contributed by atoms with Gasteiger partial charge < -0.3 is 14.4 Å². The molecule has 0 radical (unpaired) electrons. The third kappa shape index (κ3) is 3.77. The molecule has 0 unspecified atom stereocenters. The normalized spacial score (nSPS) is 14.2. The lowest BCUT2D eigenvalue weighted by Gasteiger charge is -2.34. The summed E-state index contributed by atoms with van der Waals surface area (Å²) < 4.78 is 13.3. The zero-order chi connectivity index (χ0) is 32.1. The minimum atomic E-state index is -0.251. The van der Waals surface area contributed by atoms with Gasteiger partial charge in [-0.3, -0.25) is 0 Å². The summed E-state index contributed by atoms with van der Waals surface area (Å²) in [6, 6.07) is 50.2. The number of nitrogens with zero attached hydrogens (tertiary/aromatic N) is 1. The molecule has 3 nitrogen and oxygen atoms in total. The molecule has 228 valence electrons. The van der Waals surface area contributed by atoms with Gasteiger partial charge in [-0.15, -0.1) is 0 Å². The van der Waals surface area contributed by atoms with Crippen molar-refractivity contribution in [2.75, 3.05) is 4.90 Å². The predicted octanol–water partition coefficient (Wildman–Crippen LogP) is 9.65. The van der Waals surface area contributed by atoms with Crippen LogP contribution in [0, 0.1) is 6.92 Å². The number of rotatable bonds is 3. The van der Waals surface area contributed by atoms with Crippen molar-refractivity contribution in [1.29, 1.82) is 0 Å². The summed E-state index contributed by atoms with van der Waals surface area (Å²) in [6.45, 7) is 6.89. The summed E-state index contributed by atoms with van der Waals surface area (Å²) in [6.07, 6.45) is 0. The highest BCUT2D eigenvalue weighted by molar-refractivity contribution is 6.98. The van der Waals surface area contributed by atoms with Crippen LogP contribution in [0.4, 0.5) is 17.1 Å². The van der Waals surface area contributed by atoms with E-state index in [-0.39, 0.29) is 12.1 Å². The van der Waals surface area contributed by atoms with E-state index in [4.69, 9.17) is 9.47 Å². The van der Waals surface area contributed by atoms with Crippen molar-refractivity contribution in [2.24, 2.45) is 0 Å². The molecule has 0 saturated heterocycles. The Morgan fingerprint density at radius 1 is 0.542 bits per heavy atom. The van der Waals surface area contributed by atoms with Crippen LogP contribution in [0.2, 0.25) is 0 Å². The molecule has 1 aliphatic carbocycles. The first kappa shape index (κ1) is 27.4. The van der Waals surface area contributed by atoms with E-state index in [1.807, 2.05) is 0 Å². The average Bonchev–Trinajstić information content (AvgIpc) is 3.33. The molecule has 3 aliphatic rings. The van der Waals surface area contributed by atoms with Crippen LogP contribution in [-0.4, -0.2) is 6.71 Å². The van der Waals surface area contributed by atoms with Crippen LogP contribution in [0.3, 0.4) is 0 Å². The van der Waals surface area contributed by atoms with E-state index in [2.05, 4.69) is 165 Å². The summed E-state index contributed by atoms with van der Waals surface area (Å²) in [5, 5.41) is 2.47. The van der Waals surface area contributed by atoms with Crippen LogP contribution >= 0.6 is 0 Å². The second kappa shape index (κ2) is 9.89. The SMILES string of the molecule is Cc1cc2c3c(c1)Oc1cc4c(cc1B3c1ccccc1O2)C(C)(C)c1cc(N(c2ccccc2)c2ccccc2)c2ccccc2c1-4. The Morgan fingerprint density at radius 3 is 1.85 bits per heavy atom. The summed E-state index contributed by atoms with van der Waals surface area (Å²) >= 11 is 0. The zero-order valence-electron chi connectivity index (χ0n) is 27.1. The van der Waals surface area contributed by atoms with Gasteiger partial charge in [-0.2, -0.15) is 0 Å². The van der Waals surface area contributed by atoms with Gasteiger partial charge in [0.25, 0.3) is 6.71 Å². The molecule has 0 saturated carbocycles. The van der Waals surface area contributed by atoms with Crippen LogP contribution in [0.25, 0.3) is 21.9 Å². The highest BCUT2D eigenvalue weighted by atomic mass is 16.5. The Hall–Kier alpha value is -5.74. The van der Waals surface area contributed by atoms with E-state index < -0.39 is 0 Å². The van der Waals surface area contributed by atoms with E-state index in [1.165, 1.54) is 49.6 Å². The second-order valence-corrected chi connectivity index (χ2v) is 13.8. The van der Waals surface area contributed by atoms with E-state index in [0.717, 1.165) is 45.4 Å². The first-order chi connectivity index (χ1) is 23.5. The number of fused-ring (bicyclic) bond motifs is 9. The van der Waals surface area contributed by atoms with Crippen molar-refractivity contribution in [2.45, 2.75) is 26.2 Å². The molecule has 0 spiro atoms. The molecule has 10 rings (SSSR count). The van der Waals surface area contributed by atoms with Crippen molar-refractivity contribution in [3.63, 3.8) is 0 Å². The molecule has 2 aliphatic heterocycles. The topological polar surface area (TPSA) is 21.7 Å². The minimum absolute atomic E-state index is 0.0353. The standard InChI is InChI=1S/C44H32BNO2/c1-27-22-40-43-41(23-27)48-39-24-32-33(25-36(39)45(43)35-20-12-13-21-38(35)47-40)44(2,3)34-26-37(30-18-10-11-19-31(30)42(32)34)46(28-14-6-4-7-15-28)29-16-8-5-9-17-29/h4-26H,1-3H3. The highest BCUT2D eigenvalue weighted by Crippen LogP contribution is 2.55. The Balaban J connectivity index is 1.23. The first-order valence-electron chi connectivity index (χ1n) is 16.7. The van der Waals surface area contributed by atoms with Gasteiger partial charge in [0.2, 0.25) is 0 Å². The number of aryl methyl sites for hydroxylation is 1. The fourth-order valence-electron chi connectivity index (χ4n) is 8.40. The molecule has 4 heteroatoms. The van der Waals surface area contributed by atoms with Crippen LogP contribution < -0.4 is 30.8 Å². The predicted molar refractivity (Wildman–Crippen MR) is 199 cm³/mol. The minimum Gasteiger partial charge on any atom is -0.458 e. The molecule has 0 aromatic heterocycles. The van der Waals surface area contributed by atoms with E-state index in [9.17, 15) is 0 Å². The molecule has 7 aromatic rings. The van der Waals surface area contributed by atoms with Gasteiger partial charge >= 0.3 is 0 Å². The Kier molecular flexibility index (Phi) is 5.64. The van der Waals surface area contributed by atoms with E-state index in [1.54, 1.807) is 0 Å². The number of hydrogen-bond acceptors (Lipinski definition) is 3. The summed E-state index contributed by atoms with van der Waals surface area (Å²) in [7, 11) is 0. The molecule has 7 aromatic carbocycles. The maximum atomic E-state index is 6.83. The maximum Gasteiger partial charge on any atom is 0.260 e.